The van der Waals surface area contributed by atoms with Crippen LogP contribution in [0.1, 0.15) is 0 Å². The van der Waals surface area contributed by atoms with Crippen LogP contribution in [0.2, 0.25) is 0 Å². The minimum absolute atomic E-state index is 0.0339. The van der Waals surface area contributed by atoms with E-state index in [1.807, 2.05) is 53.1 Å². The molecule has 0 unspecified atom stereocenters. The predicted molar refractivity (Wildman–Crippen MR) is 145 cm³/mol. The number of para-hydroxylation sites is 1. The molecule has 14 heteroatoms. The fraction of sp³-hybridized carbons (Fsp3) is 0.222. The molecule has 0 spiro atoms. The van der Waals surface area contributed by atoms with E-state index < -0.39 is 21.7 Å². The Bertz CT molecular complexity index is 1710. The van der Waals surface area contributed by atoms with E-state index >= 15 is 0 Å². The summed E-state index contributed by atoms with van der Waals surface area (Å²) >= 11 is 1.22. The van der Waals surface area contributed by atoms with Crippen molar-refractivity contribution in [2.45, 2.75) is 10.1 Å². The maximum absolute atomic E-state index is 13.6. The maximum Gasteiger partial charge on any atom is 0.243 e. The number of ether oxygens (including phenoxy) is 2. The lowest BCUT2D eigenvalue weighted by Gasteiger charge is -2.34. The summed E-state index contributed by atoms with van der Waals surface area (Å²) in [6.07, 6.45) is 0. The standard InChI is InChI=1S/C27H23F2N5O5S2/c28-21-8-7-20(15-22(21)29)41(36,37)33-12-10-32(11-13-33)25(35)16-40-27-31-30-26(34(27)19-4-2-1-3-5-19)18-6-9-23-24(14-18)39-17-38-23/h1-9,14-15H,10-13,16-17H2. The monoisotopic (exact) mass is 599 g/mol. The molecule has 0 N–H and O–H groups in total. The summed E-state index contributed by atoms with van der Waals surface area (Å²) in [5.41, 5.74) is 1.58. The molecule has 1 saturated heterocycles. The summed E-state index contributed by atoms with van der Waals surface area (Å²) in [6, 6.07) is 17.5. The number of halogens is 2. The van der Waals surface area contributed by atoms with Crippen molar-refractivity contribution in [2.75, 3.05) is 38.7 Å². The number of aromatic nitrogens is 3. The van der Waals surface area contributed by atoms with Gasteiger partial charge in [0.2, 0.25) is 22.7 Å². The van der Waals surface area contributed by atoms with Crippen molar-refractivity contribution in [1.29, 1.82) is 0 Å². The molecule has 1 aromatic heterocycles. The van der Waals surface area contributed by atoms with E-state index in [1.165, 1.54) is 16.1 Å². The zero-order valence-electron chi connectivity index (χ0n) is 21.4. The van der Waals surface area contributed by atoms with Crippen LogP contribution in [0.3, 0.4) is 0 Å². The number of benzene rings is 3. The van der Waals surface area contributed by atoms with Crippen LogP contribution in [0.15, 0.2) is 76.8 Å². The second kappa shape index (κ2) is 11.1. The molecule has 10 nitrogen and oxygen atoms in total. The SMILES string of the molecule is O=C(CSc1nnc(-c2ccc3c(c2)OCO3)n1-c1ccccc1)N1CCN(S(=O)(=O)c2ccc(F)c(F)c2)CC1. The van der Waals surface area contributed by atoms with Crippen LogP contribution in [0.4, 0.5) is 8.78 Å². The Kier molecular flexibility index (Phi) is 7.36. The fourth-order valence-electron chi connectivity index (χ4n) is 4.58. The molecular formula is C27H23F2N5O5S2. The van der Waals surface area contributed by atoms with Gasteiger partial charge >= 0.3 is 0 Å². The number of fused-ring (bicyclic) bond motifs is 1. The molecule has 1 fully saturated rings. The Labute approximate surface area is 238 Å². The number of hydrogen-bond acceptors (Lipinski definition) is 8. The van der Waals surface area contributed by atoms with Crippen LogP contribution in [0.25, 0.3) is 17.1 Å². The fourth-order valence-corrected chi connectivity index (χ4v) is 6.87. The van der Waals surface area contributed by atoms with Gasteiger partial charge in [0.05, 0.1) is 10.6 Å². The third-order valence-corrected chi connectivity index (χ3v) is 9.53. The Hall–Kier alpha value is -4.01. The number of piperazine rings is 1. The number of sulfonamides is 1. The van der Waals surface area contributed by atoms with E-state index in [2.05, 4.69) is 10.2 Å². The maximum atomic E-state index is 13.6. The van der Waals surface area contributed by atoms with Crippen molar-refractivity contribution in [3.8, 4) is 28.6 Å². The van der Waals surface area contributed by atoms with Gasteiger partial charge in [-0.3, -0.25) is 9.36 Å². The average molecular weight is 600 g/mol. The highest BCUT2D eigenvalue weighted by molar-refractivity contribution is 7.99. The van der Waals surface area contributed by atoms with Crippen LogP contribution in [0.5, 0.6) is 11.5 Å². The van der Waals surface area contributed by atoms with E-state index in [-0.39, 0.29) is 49.5 Å². The number of hydrogen-bond donors (Lipinski definition) is 0. The topological polar surface area (TPSA) is 107 Å². The van der Waals surface area contributed by atoms with Crippen molar-refractivity contribution >= 4 is 27.7 Å². The number of amides is 1. The summed E-state index contributed by atoms with van der Waals surface area (Å²) in [7, 11) is -4.02. The van der Waals surface area contributed by atoms with Crippen LogP contribution in [-0.2, 0) is 14.8 Å². The summed E-state index contributed by atoms with van der Waals surface area (Å²) in [5, 5.41) is 9.27. The van der Waals surface area contributed by atoms with Gasteiger partial charge in [-0.25, -0.2) is 17.2 Å². The predicted octanol–water partition coefficient (Wildman–Crippen LogP) is 3.57. The minimum atomic E-state index is -4.02. The number of nitrogens with zero attached hydrogens (tertiary/aromatic N) is 5. The molecule has 2 aliphatic rings. The normalized spacial score (nSPS) is 15.3. The van der Waals surface area contributed by atoms with E-state index in [1.54, 1.807) is 4.90 Å². The molecular weight excluding hydrogens is 576 g/mol. The zero-order valence-corrected chi connectivity index (χ0v) is 23.1. The first kappa shape index (κ1) is 27.2. The van der Waals surface area contributed by atoms with E-state index in [9.17, 15) is 22.0 Å². The third-order valence-electron chi connectivity index (χ3n) is 6.72. The quantitative estimate of drug-likeness (QED) is 0.297. The first-order valence-corrected chi connectivity index (χ1v) is 15.0. The van der Waals surface area contributed by atoms with E-state index in [4.69, 9.17) is 9.47 Å². The lowest BCUT2D eigenvalue weighted by Crippen LogP contribution is -2.51. The Morgan fingerprint density at radius 1 is 0.878 bits per heavy atom. The second-order valence-electron chi connectivity index (χ2n) is 9.19. The largest absolute Gasteiger partial charge is 0.454 e. The van der Waals surface area contributed by atoms with Crippen molar-refractivity contribution in [3.63, 3.8) is 0 Å². The van der Waals surface area contributed by atoms with Crippen molar-refractivity contribution in [1.82, 2.24) is 24.0 Å². The van der Waals surface area contributed by atoms with Crippen molar-refractivity contribution in [3.05, 3.63) is 78.4 Å². The molecule has 0 atom stereocenters. The van der Waals surface area contributed by atoms with Crippen LogP contribution in [-0.4, -0.2) is 77.0 Å². The van der Waals surface area contributed by atoms with Gasteiger partial charge < -0.3 is 14.4 Å². The molecule has 2 aliphatic heterocycles. The number of carbonyl (C=O) groups excluding carboxylic acids is 1. The first-order valence-electron chi connectivity index (χ1n) is 12.6. The molecule has 212 valence electrons. The van der Waals surface area contributed by atoms with E-state index in [0.29, 0.717) is 28.5 Å². The molecule has 4 aromatic rings. The van der Waals surface area contributed by atoms with Crippen LogP contribution < -0.4 is 9.47 Å². The third kappa shape index (κ3) is 5.37. The van der Waals surface area contributed by atoms with Gasteiger partial charge in [0.1, 0.15) is 0 Å². The number of rotatable bonds is 7. The second-order valence-corrected chi connectivity index (χ2v) is 12.1. The Morgan fingerprint density at radius 3 is 2.39 bits per heavy atom. The van der Waals surface area contributed by atoms with Gasteiger partial charge in [0.15, 0.2) is 34.1 Å². The Balaban J connectivity index is 1.15. The summed E-state index contributed by atoms with van der Waals surface area (Å²) in [4.78, 5) is 14.3. The number of carbonyl (C=O) groups is 1. The lowest BCUT2D eigenvalue weighted by molar-refractivity contribution is -0.129. The molecule has 3 aromatic carbocycles. The van der Waals surface area contributed by atoms with Crippen molar-refractivity contribution in [2.24, 2.45) is 0 Å². The van der Waals surface area contributed by atoms with Gasteiger partial charge in [-0.1, -0.05) is 30.0 Å². The Morgan fingerprint density at radius 2 is 1.63 bits per heavy atom. The smallest absolute Gasteiger partial charge is 0.243 e. The van der Waals surface area contributed by atoms with Gasteiger partial charge in [0.25, 0.3) is 0 Å². The summed E-state index contributed by atoms with van der Waals surface area (Å²) in [6.45, 7) is 0.545. The highest BCUT2D eigenvalue weighted by Crippen LogP contribution is 2.37. The highest BCUT2D eigenvalue weighted by Gasteiger charge is 2.31. The number of thioether (sulfide) groups is 1. The molecule has 6 rings (SSSR count). The van der Waals surface area contributed by atoms with E-state index in [0.717, 1.165) is 23.4 Å². The van der Waals surface area contributed by atoms with Gasteiger partial charge in [-0.05, 0) is 48.5 Å². The summed E-state index contributed by atoms with van der Waals surface area (Å²) < 4.78 is 66.6. The zero-order chi connectivity index (χ0) is 28.6. The molecule has 0 saturated carbocycles. The van der Waals surface area contributed by atoms with Gasteiger partial charge in [-0.2, -0.15) is 4.31 Å². The highest BCUT2D eigenvalue weighted by atomic mass is 32.2. The summed E-state index contributed by atoms with van der Waals surface area (Å²) in [5.74, 6) is -0.655. The molecule has 3 heterocycles. The van der Waals surface area contributed by atoms with Crippen molar-refractivity contribution < 1.29 is 31.5 Å². The van der Waals surface area contributed by atoms with Gasteiger partial charge in [0, 0.05) is 37.4 Å². The molecule has 0 radical (unpaired) electrons. The molecule has 1 amide bonds. The average Bonchev–Trinajstić information content (AvgIpc) is 3.64. The first-order chi connectivity index (χ1) is 19.8. The van der Waals surface area contributed by atoms with Crippen LogP contribution in [0, 0.1) is 11.6 Å². The lowest BCUT2D eigenvalue weighted by atomic mass is 10.2. The minimum Gasteiger partial charge on any atom is -0.454 e. The molecule has 0 bridgehead atoms. The van der Waals surface area contributed by atoms with Crippen LogP contribution >= 0.6 is 11.8 Å². The molecule has 0 aliphatic carbocycles. The van der Waals surface area contributed by atoms with Gasteiger partial charge in [-0.15, -0.1) is 10.2 Å². The molecule has 41 heavy (non-hydrogen) atoms.